The molecule has 0 amide bonds. The minimum absolute atomic E-state index is 0.247. The molecule has 0 spiro atoms. The van der Waals surface area contributed by atoms with E-state index in [1.54, 1.807) is 0 Å². The molecule has 2 N–H and O–H groups in total. The van der Waals surface area contributed by atoms with Crippen LogP contribution >= 0.6 is 31.9 Å². The second kappa shape index (κ2) is 7.82. The summed E-state index contributed by atoms with van der Waals surface area (Å²) in [4.78, 5) is 0. The molecule has 0 fully saturated rings. The molecule has 0 saturated carbocycles. The Morgan fingerprint density at radius 3 is 2.67 bits per heavy atom. The molecule has 21 heavy (non-hydrogen) atoms. The maximum Gasteiger partial charge on any atom is 0.120 e. The Morgan fingerprint density at radius 2 is 1.90 bits per heavy atom. The van der Waals surface area contributed by atoms with Crippen LogP contribution in [0.3, 0.4) is 0 Å². The fraction of sp³-hybridized carbons (Fsp3) is 0.250. The Bertz CT molecular complexity index is 605. The van der Waals surface area contributed by atoms with Gasteiger partial charge >= 0.3 is 0 Å². The van der Waals surface area contributed by atoms with Crippen molar-refractivity contribution in [1.82, 2.24) is 0 Å². The topological polar surface area (TPSA) is 41.5 Å². The minimum atomic E-state index is -0.581. The first-order valence-corrected chi connectivity index (χ1v) is 8.19. The van der Waals surface area contributed by atoms with Gasteiger partial charge < -0.3 is 15.2 Å². The molecular weight excluding hydrogens is 398 g/mol. The Labute approximate surface area is 141 Å². The van der Waals surface area contributed by atoms with E-state index in [1.165, 1.54) is 0 Å². The molecule has 0 aliphatic carbocycles. The van der Waals surface area contributed by atoms with Crippen LogP contribution in [0.25, 0.3) is 0 Å². The zero-order valence-corrected chi connectivity index (χ0v) is 14.8. The molecule has 0 saturated heterocycles. The van der Waals surface area contributed by atoms with Crippen LogP contribution in [-0.4, -0.2) is 24.4 Å². The highest BCUT2D eigenvalue weighted by atomic mass is 79.9. The quantitative estimate of drug-likeness (QED) is 0.737. The lowest BCUT2D eigenvalue weighted by atomic mass is 10.2. The third kappa shape index (κ3) is 5.34. The maximum atomic E-state index is 9.99. The summed E-state index contributed by atoms with van der Waals surface area (Å²) >= 11 is 6.83. The van der Waals surface area contributed by atoms with Crippen LogP contribution < -0.4 is 10.1 Å². The molecule has 0 aliphatic heterocycles. The lowest BCUT2D eigenvalue weighted by Gasteiger charge is -2.15. The lowest BCUT2D eigenvalue weighted by molar-refractivity contribution is 0.117. The van der Waals surface area contributed by atoms with Gasteiger partial charge in [-0.15, -0.1) is 0 Å². The van der Waals surface area contributed by atoms with Crippen LogP contribution in [-0.2, 0) is 0 Å². The molecule has 0 radical (unpaired) electrons. The molecule has 0 aromatic heterocycles. The van der Waals surface area contributed by atoms with Gasteiger partial charge in [0.15, 0.2) is 0 Å². The summed E-state index contributed by atoms with van der Waals surface area (Å²) in [5.74, 6) is 0.738. The number of nitrogens with one attached hydrogen (secondary N) is 1. The Morgan fingerprint density at radius 1 is 1.14 bits per heavy atom. The predicted octanol–water partition coefficient (Wildman–Crippen LogP) is 4.37. The average Bonchev–Trinajstić information content (AvgIpc) is 2.46. The molecule has 112 valence electrons. The van der Waals surface area contributed by atoms with E-state index in [1.807, 2.05) is 49.4 Å². The van der Waals surface area contributed by atoms with Crippen molar-refractivity contribution >= 4 is 37.5 Å². The van der Waals surface area contributed by atoms with E-state index in [4.69, 9.17) is 4.74 Å². The molecule has 2 aromatic rings. The third-order valence-corrected chi connectivity index (χ3v) is 3.95. The van der Waals surface area contributed by atoms with E-state index >= 15 is 0 Å². The van der Waals surface area contributed by atoms with Crippen LogP contribution in [0.4, 0.5) is 5.69 Å². The molecule has 2 rings (SSSR count). The predicted molar refractivity (Wildman–Crippen MR) is 93.0 cm³/mol. The van der Waals surface area contributed by atoms with Crippen molar-refractivity contribution in [2.75, 3.05) is 18.5 Å². The Hall–Kier alpha value is -1.04. The normalized spacial score (nSPS) is 12.0. The van der Waals surface area contributed by atoms with Gasteiger partial charge in [-0.1, -0.05) is 44.0 Å². The summed E-state index contributed by atoms with van der Waals surface area (Å²) in [6, 6.07) is 13.6. The van der Waals surface area contributed by atoms with Gasteiger partial charge in [0.1, 0.15) is 18.5 Å². The number of aryl methyl sites for hydroxylation is 1. The zero-order chi connectivity index (χ0) is 15.2. The van der Waals surface area contributed by atoms with E-state index in [-0.39, 0.29) is 6.61 Å². The molecule has 2 aromatic carbocycles. The number of hydrogen-bond donors (Lipinski definition) is 2. The number of ether oxygens (including phenoxy) is 1. The standard InChI is InChI=1S/C16H17Br2NO2/c1-11-5-6-13(18)8-16(11)19-9-14(20)10-21-15-4-2-3-12(17)7-15/h2-8,14,19-20H,9-10H2,1H3. The van der Waals surface area contributed by atoms with Crippen LogP contribution in [0.1, 0.15) is 5.56 Å². The van der Waals surface area contributed by atoms with Crippen molar-refractivity contribution in [3.05, 3.63) is 57.0 Å². The summed E-state index contributed by atoms with van der Waals surface area (Å²) in [6.07, 6.45) is -0.581. The fourth-order valence-electron chi connectivity index (χ4n) is 1.82. The van der Waals surface area contributed by atoms with Gasteiger partial charge in [-0.2, -0.15) is 0 Å². The van der Waals surface area contributed by atoms with Crippen molar-refractivity contribution in [1.29, 1.82) is 0 Å². The SMILES string of the molecule is Cc1ccc(Br)cc1NCC(O)COc1cccc(Br)c1. The van der Waals surface area contributed by atoms with E-state index in [9.17, 15) is 5.11 Å². The summed E-state index contributed by atoms with van der Waals surface area (Å²) in [5, 5.41) is 13.2. The van der Waals surface area contributed by atoms with Crippen molar-refractivity contribution in [3.63, 3.8) is 0 Å². The van der Waals surface area contributed by atoms with Gasteiger partial charge in [0.05, 0.1) is 0 Å². The van der Waals surface area contributed by atoms with Crippen LogP contribution in [0.5, 0.6) is 5.75 Å². The monoisotopic (exact) mass is 413 g/mol. The van der Waals surface area contributed by atoms with E-state index < -0.39 is 6.10 Å². The number of halogens is 2. The van der Waals surface area contributed by atoms with Gasteiger partial charge in [-0.05, 0) is 42.8 Å². The van der Waals surface area contributed by atoms with Crippen LogP contribution in [0.15, 0.2) is 51.4 Å². The second-order valence-electron chi connectivity index (χ2n) is 4.76. The van der Waals surface area contributed by atoms with Crippen LogP contribution in [0, 0.1) is 6.92 Å². The molecule has 0 aliphatic rings. The number of aliphatic hydroxyl groups is 1. The molecule has 0 heterocycles. The minimum Gasteiger partial charge on any atom is -0.491 e. The van der Waals surface area contributed by atoms with Gasteiger partial charge in [0.25, 0.3) is 0 Å². The molecule has 0 bridgehead atoms. The fourth-order valence-corrected chi connectivity index (χ4v) is 2.56. The summed E-state index contributed by atoms with van der Waals surface area (Å²) in [7, 11) is 0. The van der Waals surface area contributed by atoms with Gasteiger partial charge in [0, 0.05) is 21.2 Å². The van der Waals surface area contributed by atoms with E-state index in [0.717, 1.165) is 25.9 Å². The number of hydrogen-bond acceptors (Lipinski definition) is 3. The second-order valence-corrected chi connectivity index (χ2v) is 6.59. The maximum absolute atomic E-state index is 9.99. The van der Waals surface area contributed by atoms with E-state index in [0.29, 0.717) is 6.54 Å². The summed E-state index contributed by atoms with van der Waals surface area (Å²) in [6.45, 7) is 2.71. The molecule has 3 nitrogen and oxygen atoms in total. The molecule has 1 atom stereocenters. The number of aliphatic hydroxyl groups excluding tert-OH is 1. The lowest BCUT2D eigenvalue weighted by Crippen LogP contribution is -2.26. The van der Waals surface area contributed by atoms with Gasteiger partial charge in [-0.3, -0.25) is 0 Å². The van der Waals surface area contributed by atoms with Crippen molar-refractivity contribution in [2.24, 2.45) is 0 Å². The van der Waals surface area contributed by atoms with Crippen LogP contribution in [0.2, 0.25) is 0 Å². The zero-order valence-electron chi connectivity index (χ0n) is 11.6. The molecule has 5 heteroatoms. The molecular formula is C16H17Br2NO2. The van der Waals surface area contributed by atoms with Crippen molar-refractivity contribution in [2.45, 2.75) is 13.0 Å². The highest BCUT2D eigenvalue weighted by Crippen LogP contribution is 2.21. The summed E-state index contributed by atoms with van der Waals surface area (Å²) < 4.78 is 7.53. The highest BCUT2D eigenvalue weighted by molar-refractivity contribution is 9.10. The average molecular weight is 415 g/mol. The number of benzene rings is 2. The third-order valence-electron chi connectivity index (χ3n) is 2.97. The number of anilines is 1. The first kappa shape index (κ1) is 16.3. The highest BCUT2D eigenvalue weighted by Gasteiger charge is 2.07. The van der Waals surface area contributed by atoms with Crippen molar-refractivity contribution < 1.29 is 9.84 Å². The van der Waals surface area contributed by atoms with Gasteiger partial charge in [-0.25, -0.2) is 0 Å². The summed E-state index contributed by atoms with van der Waals surface area (Å²) in [5.41, 5.74) is 2.14. The van der Waals surface area contributed by atoms with Crippen molar-refractivity contribution in [3.8, 4) is 5.75 Å². The Kier molecular flexibility index (Phi) is 6.08. The first-order chi connectivity index (χ1) is 10.0. The smallest absolute Gasteiger partial charge is 0.120 e. The Balaban J connectivity index is 1.82. The number of rotatable bonds is 6. The molecule has 1 unspecified atom stereocenters. The first-order valence-electron chi connectivity index (χ1n) is 6.61. The van der Waals surface area contributed by atoms with Gasteiger partial charge in [0.2, 0.25) is 0 Å². The van der Waals surface area contributed by atoms with E-state index in [2.05, 4.69) is 37.2 Å². The largest absolute Gasteiger partial charge is 0.491 e.